The summed E-state index contributed by atoms with van der Waals surface area (Å²) in [6.07, 6.45) is 2.93. The number of nitrogens with one attached hydrogen (secondary N) is 1. The Kier molecular flexibility index (Phi) is 4.63. The zero-order valence-corrected chi connectivity index (χ0v) is 12.8. The molecule has 2 unspecified atom stereocenters. The zero-order chi connectivity index (χ0) is 13.9. The van der Waals surface area contributed by atoms with Crippen molar-refractivity contribution in [2.75, 3.05) is 7.11 Å². The predicted molar refractivity (Wildman–Crippen MR) is 78.1 cm³/mol. The van der Waals surface area contributed by atoms with E-state index in [0.29, 0.717) is 11.8 Å². The summed E-state index contributed by atoms with van der Waals surface area (Å²) >= 11 is 1.72. The molecule has 0 aliphatic heterocycles. The van der Waals surface area contributed by atoms with Crippen LogP contribution in [0.25, 0.3) is 0 Å². The highest BCUT2D eigenvalue weighted by atomic mass is 32.1. The minimum atomic E-state index is -0.504. The fraction of sp³-hybridized carbons (Fsp3) is 0.667. The number of methoxy groups -OCH3 is 1. The lowest BCUT2D eigenvalue weighted by molar-refractivity contribution is -0.152. The maximum absolute atomic E-state index is 12.3. The van der Waals surface area contributed by atoms with E-state index < -0.39 is 5.54 Å². The van der Waals surface area contributed by atoms with Crippen molar-refractivity contribution in [3.8, 4) is 0 Å². The van der Waals surface area contributed by atoms with Crippen LogP contribution in [0.4, 0.5) is 0 Å². The largest absolute Gasteiger partial charge is 0.468 e. The number of carbonyl (C=O) groups excluding carboxylic acids is 1. The summed E-state index contributed by atoms with van der Waals surface area (Å²) in [5, 5.41) is 5.55. The fourth-order valence-electron chi connectivity index (χ4n) is 3.37. The third-order valence-corrected chi connectivity index (χ3v) is 4.83. The van der Waals surface area contributed by atoms with Gasteiger partial charge in [-0.2, -0.15) is 0 Å². The Balaban J connectivity index is 2.12. The third kappa shape index (κ3) is 3.37. The summed E-state index contributed by atoms with van der Waals surface area (Å²) in [5.41, 5.74) is -0.504. The zero-order valence-electron chi connectivity index (χ0n) is 11.9. The van der Waals surface area contributed by atoms with Crippen LogP contribution < -0.4 is 5.32 Å². The standard InChI is InChI=1S/C15H23NO2S/c1-11-7-12(2)9-15(8-11,14(17)18-3)16-10-13-5-4-6-19-13/h4-6,11-12,16H,7-10H2,1-3H3. The smallest absolute Gasteiger partial charge is 0.326 e. The first kappa shape index (κ1) is 14.5. The second-order valence-corrected chi connectivity index (χ2v) is 6.89. The molecule has 2 rings (SSSR count). The molecule has 0 saturated heterocycles. The fourth-order valence-corrected chi connectivity index (χ4v) is 4.02. The lowest BCUT2D eigenvalue weighted by atomic mass is 9.71. The monoisotopic (exact) mass is 281 g/mol. The molecule has 19 heavy (non-hydrogen) atoms. The van der Waals surface area contributed by atoms with E-state index in [-0.39, 0.29) is 5.97 Å². The van der Waals surface area contributed by atoms with Crippen LogP contribution in [-0.4, -0.2) is 18.6 Å². The maximum Gasteiger partial charge on any atom is 0.326 e. The molecule has 2 atom stereocenters. The highest BCUT2D eigenvalue weighted by molar-refractivity contribution is 7.09. The van der Waals surface area contributed by atoms with Crippen LogP contribution in [0.1, 0.15) is 38.0 Å². The summed E-state index contributed by atoms with van der Waals surface area (Å²) in [7, 11) is 1.49. The molecule has 0 spiro atoms. The van der Waals surface area contributed by atoms with Gasteiger partial charge in [-0.1, -0.05) is 19.9 Å². The van der Waals surface area contributed by atoms with Crippen molar-refractivity contribution in [2.45, 2.75) is 45.2 Å². The molecule has 1 aliphatic carbocycles. The lowest BCUT2D eigenvalue weighted by Gasteiger charge is -2.41. The highest BCUT2D eigenvalue weighted by Gasteiger charge is 2.44. The van der Waals surface area contributed by atoms with Crippen LogP contribution >= 0.6 is 11.3 Å². The van der Waals surface area contributed by atoms with Gasteiger partial charge in [0, 0.05) is 11.4 Å². The number of ether oxygens (including phenoxy) is 1. The summed E-state index contributed by atoms with van der Waals surface area (Å²) in [5.74, 6) is 1.000. The molecule has 0 aromatic carbocycles. The maximum atomic E-state index is 12.3. The van der Waals surface area contributed by atoms with Gasteiger partial charge in [0.15, 0.2) is 0 Å². The van der Waals surface area contributed by atoms with Gasteiger partial charge in [-0.3, -0.25) is 10.1 Å². The molecular formula is C15H23NO2S. The van der Waals surface area contributed by atoms with E-state index in [1.807, 2.05) is 6.07 Å². The first-order valence-electron chi connectivity index (χ1n) is 6.91. The highest BCUT2D eigenvalue weighted by Crippen LogP contribution is 2.37. The Bertz CT molecular complexity index is 406. The van der Waals surface area contributed by atoms with Gasteiger partial charge < -0.3 is 4.74 Å². The van der Waals surface area contributed by atoms with Gasteiger partial charge in [0.1, 0.15) is 5.54 Å². The van der Waals surface area contributed by atoms with Crippen LogP contribution in [0, 0.1) is 11.8 Å². The minimum absolute atomic E-state index is 0.109. The van der Waals surface area contributed by atoms with E-state index in [1.165, 1.54) is 18.4 Å². The molecule has 0 bridgehead atoms. The van der Waals surface area contributed by atoms with Crippen molar-refractivity contribution < 1.29 is 9.53 Å². The van der Waals surface area contributed by atoms with Crippen LogP contribution in [0.3, 0.4) is 0 Å². The average Bonchev–Trinajstić information content (AvgIpc) is 2.87. The van der Waals surface area contributed by atoms with Gasteiger partial charge >= 0.3 is 5.97 Å². The van der Waals surface area contributed by atoms with Crippen LogP contribution in [-0.2, 0) is 16.1 Å². The van der Waals surface area contributed by atoms with Crippen molar-refractivity contribution in [1.82, 2.24) is 5.32 Å². The van der Waals surface area contributed by atoms with Gasteiger partial charge in [0.2, 0.25) is 0 Å². The molecule has 0 radical (unpaired) electrons. The van der Waals surface area contributed by atoms with Crippen LogP contribution in [0.2, 0.25) is 0 Å². The van der Waals surface area contributed by atoms with Crippen molar-refractivity contribution in [1.29, 1.82) is 0 Å². The van der Waals surface area contributed by atoms with Crippen molar-refractivity contribution in [3.05, 3.63) is 22.4 Å². The van der Waals surface area contributed by atoms with E-state index in [4.69, 9.17) is 4.74 Å². The summed E-state index contributed by atoms with van der Waals surface area (Å²) in [4.78, 5) is 13.5. The Labute approximate surface area is 119 Å². The number of esters is 1. The van der Waals surface area contributed by atoms with Crippen molar-refractivity contribution in [2.24, 2.45) is 11.8 Å². The quantitative estimate of drug-likeness (QED) is 0.861. The SMILES string of the molecule is COC(=O)C1(NCc2cccs2)CC(C)CC(C)C1. The van der Waals surface area contributed by atoms with Gasteiger partial charge in [0.05, 0.1) is 7.11 Å². The third-order valence-electron chi connectivity index (χ3n) is 3.96. The van der Waals surface area contributed by atoms with Gasteiger partial charge in [-0.15, -0.1) is 11.3 Å². The molecule has 1 saturated carbocycles. The number of thiophene rings is 1. The van der Waals surface area contributed by atoms with E-state index in [1.54, 1.807) is 11.3 Å². The van der Waals surface area contributed by atoms with E-state index >= 15 is 0 Å². The second kappa shape index (κ2) is 6.06. The van der Waals surface area contributed by atoms with Crippen molar-refractivity contribution >= 4 is 17.3 Å². The lowest BCUT2D eigenvalue weighted by Crippen LogP contribution is -2.56. The molecular weight excluding hydrogens is 258 g/mol. The molecule has 1 heterocycles. The number of hydrogen-bond donors (Lipinski definition) is 1. The Morgan fingerprint density at radius 3 is 2.68 bits per heavy atom. The molecule has 106 valence electrons. The molecule has 1 aromatic rings. The molecule has 0 amide bonds. The average molecular weight is 281 g/mol. The number of rotatable bonds is 4. The Hall–Kier alpha value is -0.870. The first-order valence-corrected chi connectivity index (χ1v) is 7.79. The van der Waals surface area contributed by atoms with Gasteiger partial charge in [-0.25, -0.2) is 0 Å². The predicted octanol–water partition coefficient (Wildman–Crippen LogP) is 3.21. The topological polar surface area (TPSA) is 38.3 Å². The van der Waals surface area contributed by atoms with Crippen LogP contribution in [0.15, 0.2) is 17.5 Å². The van der Waals surface area contributed by atoms with Crippen molar-refractivity contribution in [3.63, 3.8) is 0 Å². The second-order valence-electron chi connectivity index (χ2n) is 5.86. The normalized spacial score (nSPS) is 31.1. The van der Waals surface area contributed by atoms with Crippen LogP contribution in [0.5, 0.6) is 0 Å². The molecule has 3 nitrogen and oxygen atoms in total. The number of carbonyl (C=O) groups is 1. The van der Waals surface area contributed by atoms with Gasteiger partial charge in [-0.05, 0) is 42.5 Å². The first-order chi connectivity index (χ1) is 9.05. The summed E-state index contributed by atoms with van der Waals surface area (Å²) < 4.78 is 5.06. The van der Waals surface area contributed by atoms with E-state index in [2.05, 4.69) is 30.6 Å². The number of hydrogen-bond acceptors (Lipinski definition) is 4. The summed E-state index contributed by atoms with van der Waals surface area (Å²) in [6, 6.07) is 4.14. The molecule has 1 aliphatic rings. The van der Waals surface area contributed by atoms with Gasteiger partial charge in [0.25, 0.3) is 0 Å². The Morgan fingerprint density at radius 2 is 2.16 bits per heavy atom. The molecule has 1 N–H and O–H groups in total. The summed E-state index contributed by atoms with van der Waals surface area (Å²) in [6.45, 7) is 5.19. The molecule has 1 fully saturated rings. The molecule has 4 heteroatoms. The van der Waals surface area contributed by atoms with E-state index in [9.17, 15) is 4.79 Å². The minimum Gasteiger partial charge on any atom is -0.468 e. The molecule has 1 aromatic heterocycles. The van der Waals surface area contributed by atoms with E-state index in [0.717, 1.165) is 19.4 Å². The Morgan fingerprint density at radius 1 is 1.47 bits per heavy atom.